The molecule has 1 fully saturated rings. The number of benzene rings is 1. The summed E-state index contributed by atoms with van der Waals surface area (Å²) in [5, 5.41) is 44.8. The molecule has 47 heavy (non-hydrogen) atoms. The number of unbranched alkanes of at least 4 members (excludes halogenated alkanes) is 4. The van der Waals surface area contributed by atoms with Crippen LogP contribution in [-0.2, 0) is 32.3 Å². The van der Waals surface area contributed by atoms with Crippen molar-refractivity contribution in [1.82, 2.24) is 10.3 Å². The van der Waals surface area contributed by atoms with E-state index in [-0.39, 0.29) is 25.1 Å². The van der Waals surface area contributed by atoms with Crippen molar-refractivity contribution in [3.05, 3.63) is 69.9 Å². The number of hydrogen-bond donors (Lipinski definition) is 7. The van der Waals surface area contributed by atoms with Gasteiger partial charge in [-0.05, 0) is 99.2 Å². The van der Waals surface area contributed by atoms with Crippen molar-refractivity contribution in [1.29, 1.82) is 0 Å². The number of furan rings is 1. The number of phenols is 1. The number of aliphatic hydroxyl groups is 3. The largest absolute Gasteiger partial charge is 0.504 e. The van der Waals surface area contributed by atoms with Crippen LogP contribution >= 0.6 is 0 Å². The number of aliphatic hydroxyl groups excluding tert-OH is 3. The fourth-order valence-corrected chi connectivity index (χ4v) is 7.79. The first-order valence-electron chi connectivity index (χ1n) is 18.0. The lowest BCUT2D eigenvalue weighted by molar-refractivity contribution is 0.103. The maximum Gasteiger partial charge on any atom is 0.161 e. The number of nitrogens with one attached hydrogen (secondary N) is 2. The van der Waals surface area contributed by atoms with Crippen molar-refractivity contribution in [2.45, 2.75) is 115 Å². The zero-order valence-corrected chi connectivity index (χ0v) is 28.2. The number of rotatable bonds is 19. The molecule has 2 aliphatic rings. The van der Waals surface area contributed by atoms with Gasteiger partial charge in [0.25, 0.3) is 0 Å². The van der Waals surface area contributed by atoms with Crippen molar-refractivity contribution in [3.8, 4) is 11.5 Å². The van der Waals surface area contributed by atoms with Crippen molar-refractivity contribution >= 4 is 0 Å². The summed E-state index contributed by atoms with van der Waals surface area (Å²) in [5.74, 6) is 3.79. The van der Waals surface area contributed by atoms with Gasteiger partial charge in [0.1, 0.15) is 24.2 Å². The van der Waals surface area contributed by atoms with Gasteiger partial charge in [0, 0.05) is 48.8 Å². The highest BCUT2D eigenvalue weighted by molar-refractivity contribution is 5.42. The monoisotopic (exact) mass is 651 g/mol. The first-order valence-corrected chi connectivity index (χ1v) is 18.0. The molecule has 5 atom stereocenters. The summed E-state index contributed by atoms with van der Waals surface area (Å²) in [5.41, 5.74) is 10.7. The minimum absolute atomic E-state index is 0.0149. The molecule has 0 radical (unpaired) electrons. The molecule has 2 aromatic heterocycles. The number of aromatic hydroxyl groups is 1. The molecule has 9 heteroatoms. The quantitative estimate of drug-likeness (QED) is 0.0830. The van der Waals surface area contributed by atoms with Gasteiger partial charge in [-0.3, -0.25) is 0 Å². The number of H-pyrrole nitrogens is 1. The van der Waals surface area contributed by atoms with Crippen molar-refractivity contribution in [2.75, 3.05) is 26.2 Å². The van der Waals surface area contributed by atoms with Gasteiger partial charge in [-0.15, -0.1) is 0 Å². The Morgan fingerprint density at radius 3 is 2.66 bits per heavy atom. The SMILES string of the molecule is CC(O)CNCC1c2cc(C(O)COc3cc(CCc4cc(CO)c(CCCCCCCN)o4)ccc3O)[nH]c2CCC2CCCC21. The second-order valence-corrected chi connectivity index (χ2v) is 13.9. The fourth-order valence-electron chi connectivity index (χ4n) is 7.79. The zero-order valence-electron chi connectivity index (χ0n) is 28.2. The second-order valence-electron chi connectivity index (χ2n) is 13.9. The molecule has 0 spiro atoms. The summed E-state index contributed by atoms with van der Waals surface area (Å²) >= 11 is 0. The Labute approximate surface area is 279 Å². The maximum atomic E-state index is 11.2. The minimum Gasteiger partial charge on any atom is -0.504 e. The molecule has 0 aliphatic heterocycles. The molecule has 3 aromatic rings. The molecule has 0 amide bonds. The van der Waals surface area contributed by atoms with Gasteiger partial charge in [-0.1, -0.05) is 38.2 Å². The number of ether oxygens (including phenoxy) is 1. The summed E-state index contributed by atoms with van der Waals surface area (Å²) in [6.45, 7) is 3.92. The average Bonchev–Trinajstić information content (AvgIpc) is 3.79. The van der Waals surface area contributed by atoms with Crippen LogP contribution in [0.1, 0.15) is 116 Å². The van der Waals surface area contributed by atoms with Crippen LogP contribution in [0.5, 0.6) is 11.5 Å². The highest BCUT2D eigenvalue weighted by atomic mass is 16.5. The van der Waals surface area contributed by atoms with Gasteiger partial charge in [-0.25, -0.2) is 0 Å². The van der Waals surface area contributed by atoms with E-state index in [1.165, 1.54) is 36.9 Å². The molecule has 2 aliphatic carbocycles. The Bertz CT molecular complexity index is 1380. The van der Waals surface area contributed by atoms with Crippen LogP contribution in [0.4, 0.5) is 0 Å². The van der Waals surface area contributed by atoms with E-state index in [1.807, 2.05) is 18.2 Å². The molecule has 9 nitrogen and oxygen atoms in total. The van der Waals surface area contributed by atoms with E-state index in [4.69, 9.17) is 14.9 Å². The van der Waals surface area contributed by atoms with Gasteiger partial charge in [0.05, 0.1) is 12.7 Å². The normalized spacial score (nSPS) is 20.5. The number of aromatic nitrogens is 1. The van der Waals surface area contributed by atoms with Gasteiger partial charge in [0.2, 0.25) is 0 Å². The number of aromatic amines is 1. The van der Waals surface area contributed by atoms with E-state index in [2.05, 4.69) is 16.4 Å². The van der Waals surface area contributed by atoms with E-state index in [0.29, 0.717) is 37.0 Å². The van der Waals surface area contributed by atoms with E-state index < -0.39 is 6.10 Å². The predicted molar refractivity (Wildman–Crippen MR) is 184 cm³/mol. The van der Waals surface area contributed by atoms with E-state index in [1.54, 1.807) is 13.0 Å². The molecule has 1 saturated carbocycles. The summed E-state index contributed by atoms with van der Waals surface area (Å²) in [4.78, 5) is 3.53. The van der Waals surface area contributed by atoms with Crippen LogP contribution in [0.2, 0.25) is 0 Å². The molecular weight excluding hydrogens is 594 g/mol. The van der Waals surface area contributed by atoms with Crippen LogP contribution < -0.4 is 15.8 Å². The summed E-state index contributed by atoms with van der Waals surface area (Å²) < 4.78 is 12.1. The van der Waals surface area contributed by atoms with Gasteiger partial charge >= 0.3 is 0 Å². The fraction of sp³-hybridized carbons (Fsp3) is 0.632. The van der Waals surface area contributed by atoms with Gasteiger partial charge < -0.3 is 45.6 Å². The van der Waals surface area contributed by atoms with Crippen LogP contribution in [0, 0.1) is 11.8 Å². The highest BCUT2D eigenvalue weighted by Crippen LogP contribution is 2.47. The number of aryl methyl sites for hydroxylation is 4. The summed E-state index contributed by atoms with van der Waals surface area (Å²) in [6.07, 6.45) is 12.4. The molecule has 5 unspecified atom stereocenters. The van der Waals surface area contributed by atoms with E-state index >= 15 is 0 Å². The molecule has 5 rings (SSSR count). The van der Waals surface area contributed by atoms with Crippen molar-refractivity contribution < 1.29 is 29.6 Å². The standard InChI is InChI=1S/C38H57N3O6/c1-25(43)21-40-22-32-30-9-7-8-27(30)13-15-33-31(32)20-34(41-33)36(45)24-46-38-18-26(12-16-35(38)44)11-14-29-19-28(23-42)37(47-29)10-5-3-2-4-6-17-39/h12,16,18-20,25,27,30,32,36,40-45H,2-11,13-15,17,21-24,39H2,1H3. The molecular formula is C38H57N3O6. The number of fused-ring (bicyclic) bond motifs is 2. The van der Waals surface area contributed by atoms with Crippen LogP contribution in [0.3, 0.4) is 0 Å². The van der Waals surface area contributed by atoms with E-state index in [0.717, 1.165) is 92.3 Å². The lowest BCUT2D eigenvalue weighted by Gasteiger charge is -2.27. The predicted octanol–water partition coefficient (Wildman–Crippen LogP) is 5.57. The third-order valence-corrected chi connectivity index (χ3v) is 10.3. The Kier molecular flexibility index (Phi) is 13.2. The van der Waals surface area contributed by atoms with Crippen molar-refractivity contribution in [2.24, 2.45) is 17.6 Å². The first kappa shape index (κ1) is 35.5. The third-order valence-electron chi connectivity index (χ3n) is 10.3. The molecule has 0 bridgehead atoms. The number of phenolic OH excluding ortho intramolecular Hbond substituents is 1. The lowest BCUT2D eigenvalue weighted by atomic mass is 9.80. The average molecular weight is 652 g/mol. The molecule has 1 aromatic carbocycles. The summed E-state index contributed by atoms with van der Waals surface area (Å²) in [7, 11) is 0. The third kappa shape index (κ3) is 9.63. The highest BCUT2D eigenvalue weighted by Gasteiger charge is 2.38. The number of nitrogens with two attached hydrogens (primary N) is 1. The minimum atomic E-state index is -0.866. The van der Waals surface area contributed by atoms with Gasteiger partial charge in [-0.2, -0.15) is 0 Å². The Morgan fingerprint density at radius 1 is 1.02 bits per heavy atom. The zero-order chi connectivity index (χ0) is 33.2. The molecule has 0 saturated heterocycles. The second kappa shape index (κ2) is 17.5. The van der Waals surface area contributed by atoms with E-state index in [9.17, 15) is 20.4 Å². The van der Waals surface area contributed by atoms with Crippen LogP contribution in [0.25, 0.3) is 0 Å². The Morgan fingerprint density at radius 2 is 1.85 bits per heavy atom. The topological polar surface area (TPSA) is 157 Å². The van der Waals surface area contributed by atoms with Crippen LogP contribution in [0.15, 0.2) is 34.7 Å². The van der Waals surface area contributed by atoms with Crippen molar-refractivity contribution in [3.63, 3.8) is 0 Å². The Hall–Kier alpha value is -2.82. The summed E-state index contributed by atoms with van der Waals surface area (Å²) in [6, 6.07) is 9.41. The smallest absolute Gasteiger partial charge is 0.161 e. The number of hydrogen-bond acceptors (Lipinski definition) is 8. The molecule has 2 heterocycles. The molecule has 8 N–H and O–H groups in total. The molecule has 260 valence electrons. The first-order chi connectivity index (χ1) is 22.9. The Balaban J connectivity index is 1.17. The lowest BCUT2D eigenvalue weighted by Crippen LogP contribution is -2.32. The van der Waals surface area contributed by atoms with Gasteiger partial charge in [0.15, 0.2) is 11.5 Å². The maximum absolute atomic E-state index is 11.2. The van der Waals surface area contributed by atoms with Crippen LogP contribution in [-0.4, -0.2) is 57.8 Å².